The summed E-state index contributed by atoms with van der Waals surface area (Å²) in [5.74, 6) is 0. The Hall–Kier alpha value is 1.58. The van der Waals surface area contributed by atoms with Crippen LogP contribution < -0.4 is 37.2 Å². The molecule has 0 aromatic heterocycles. The van der Waals surface area contributed by atoms with Crippen molar-refractivity contribution in [2.24, 2.45) is 0 Å². The molecular formula is C5H5Cl3Ti-3. The van der Waals surface area contributed by atoms with E-state index in [-0.39, 0.29) is 58.9 Å². The van der Waals surface area contributed by atoms with Gasteiger partial charge in [0.25, 0.3) is 0 Å². The topological polar surface area (TPSA) is 0 Å². The molecule has 5 radical (unpaired) electrons. The molecule has 1 rings (SSSR count). The van der Waals surface area contributed by atoms with Gasteiger partial charge in [0.1, 0.15) is 0 Å². The molecule has 0 unspecified atom stereocenters. The Morgan fingerprint density at radius 3 is 0.667 bits per heavy atom. The Bertz CT molecular complexity index is 23.8. The van der Waals surface area contributed by atoms with E-state index in [1.807, 2.05) is 32.1 Å². The molecule has 0 nitrogen and oxygen atoms in total. The predicted molar refractivity (Wildman–Crippen MR) is 21.5 cm³/mol. The van der Waals surface area contributed by atoms with Crippen LogP contribution in [0.3, 0.4) is 0 Å². The van der Waals surface area contributed by atoms with Crippen molar-refractivity contribution < 1.29 is 58.9 Å². The van der Waals surface area contributed by atoms with Crippen LogP contribution in [0.5, 0.6) is 0 Å². The van der Waals surface area contributed by atoms with Crippen LogP contribution in [0.1, 0.15) is 0 Å². The minimum absolute atomic E-state index is 0. The van der Waals surface area contributed by atoms with Gasteiger partial charge in [-0.2, -0.15) is 0 Å². The third kappa shape index (κ3) is 12.7. The summed E-state index contributed by atoms with van der Waals surface area (Å²) in [4.78, 5) is 0. The second-order valence-corrected chi connectivity index (χ2v) is 0.962. The van der Waals surface area contributed by atoms with Crippen molar-refractivity contribution in [2.75, 3.05) is 0 Å². The van der Waals surface area contributed by atoms with E-state index in [4.69, 9.17) is 0 Å². The maximum absolute atomic E-state index is 2.00. The van der Waals surface area contributed by atoms with Crippen molar-refractivity contribution in [3.05, 3.63) is 32.1 Å². The zero-order chi connectivity index (χ0) is 3.54. The Morgan fingerprint density at radius 2 is 0.556 bits per heavy atom. The number of hydrogen-bond acceptors (Lipinski definition) is 0. The van der Waals surface area contributed by atoms with Gasteiger partial charge in [0.15, 0.2) is 0 Å². The molecule has 9 heavy (non-hydrogen) atoms. The zero-order valence-electron chi connectivity index (χ0n) is 4.52. The van der Waals surface area contributed by atoms with Crippen molar-refractivity contribution in [2.45, 2.75) is 0 Å². The van der Waals surface area contributed by atoms with Crippen molar-refractivity contribution in [1.29, 1.82) is 0 Å². The standard InChI is InChI=1S/C5H5.3ClH.Ti/c1-2-4-5-3-1;;;;/h1-5H;3*1H;/p-3. The molecule has 4 heteroatoms. The summed E-state index contributed by atoms with van der Waals surface area (Å²) in [6.45, 7) is 0. The predicted octanol–water partition coefficient (Wildman–Crippen LogP) is -7.97. The molecule has 0 heterocycles. The average Bonchev–Trinajstić information content (AvgIpc) is 1.76. The molecule has 0 aromatic carbocycles. The number of halogens is 3. The molecule has 1 aliphatic carbocycles. The quantitative estimate of drug-likeness (QED) is 0.355. The summed E-state index contributed by atoms with van der Waals surface area (Å²) in [6, 6.07) is 0. The summed E-state index contributed by atoms with van der Waals surface area (Å²) in [5.41, 5.74) is 0. The Morgan fingerprint density at radius 1 is 0.444 bits per heavy atom. The van der Waals surface area contributed by atoms with Crippen LogP contribution in [0.2, 0.25) is 0 Å². The molecule has 0 bridgehead atoms. The van der Waals surface area contributed by atoms with Crippen LogP contribution in [-0.2, 0) is 21.7 Å². The third-order valence-electron chi connectivity index (χ3n) is 0.556. The first-order valence-corrected chi connectivity index (χ1v) is 1.67. The maximum Gasteiger partial charge on any atom is 0 e. The summed E-state index contributed by atoms with van der Waals surface area (Å²) in [5, 5.41) is 0. The third-order valence-corrected chi connectivity index (χ3v) is 0.556. The van der Waals surface area contributed by atoms with Gasteiger partial charge in [0.2, 0.25) is 0 Å². The van der Waals surface area contributed by atoms with E-state index in [0.29, 0.717) is 0 Å². The normalized spacial score (nSPS) is 13.3. The van der Waals surface area contributed by atoms with E-state index in [9.17, 15) is 0 Å². The molecule has 0 saturated heterocycles. The van der Waals surface area contributed by atoms with Gasteiger partial charge >= 0.3 is 0 Å². The second-order valence-electron chi connectivity index (χ2n) is 0.962. The van der Waals surface area contributed by atoms with Gasteiger partial charge in [-0.3, -0.25) is 0 Å². The SMILES string of the molecule is [CH]1[CH][CH][CH][CH]1.[Cl-].[Cl-].[Cl-].[Ti]. The van der Waals surface area contributed by atoms with Crippen molar-refractivity contribution in [1.82, 2.24) is 0 Å². The average molecular weight is 219 g/mol. The summed E-state index contributed by atoms with van der Waals surface area (Å²) < 4.78 is 0. The zero-order valence-corrected chi connectivity index (χ0v) is 8.35. The van der Waals surface area contributed by atoms with Crippen LogP contribution in [-0.4, -0.2) is 0 Å². The maximum atomic E-state index is 2.00. The fraction of sp³-hybridized carbons (Fsp3) is 0. The van der Waals surface area contributed by atoms with E-state index in [0.717, 1.165) is 0 Å². The monoisotopic (exact) mass is 218 g/mol. The second kappa shape index (κ2) is 16.3. The van der Waals surface area contributed by atoms with Crippen LogP contribution in [0.15, 0.2) is 0 Å². The first-order valence-electron chi connectivity index (χ1n) is 1.67. The molecule has 1 fully saturated rings. The number of hydrogen-bond donors (Lipinski definition) is 0. The van der Waals surface area contributed by atoms with Gasteiger partial charge in [-0.25, -0.2) is 0 Å². The van der Waals surface area contributed by atoms with E-state index >= 15 is 0 Å². The smallest absolute Gasteiger partial charge is 0 e. The molecule has 0 aromatic rings. The fourth-order valence-corrected chi connectivity index (χ4v) is 0.321. The molecule has 53 valence electrons. The summed E-state index contributed by atoms with van der Waals surface area (Å²) >= 11 is 0. The first-order chi connectivity index (χ1) is 2.50. The van der Waals surface area contributed by atoms with Gasteiger partial charge in [-0.15, -0.1) is 0 Å². The first kappa shape index (κ1) is 22.4. The Balaban J connectivity index is -0.0000000312. The van der Waals surface area contributed by atoms with E-state index in [1.165, 1.54) is 0 Å². The van der Waals surface area contributed by atoms with E-state index in [2.05, 4.69) is 0 Å². The molecular weight excluding hydrogens is 214 g/mol. The van der Waals surface area contributed by atoms with Crippen molar-refractivity contribution >= 4 is 0 Å². The van der Waals surface area contributed by atoms with E-state index < -0.39 is 0 Å². The number of rotatable bonds is 0. The molecule has 1 saturated carbocycles. The molecule has 1 aliphatic rings. The Labute approximate surface area is 90.7 Å². The summed E-state index contributed by atoms with van der Waals surface area (Å²) in [6.07, 6.45) is 10.0. The van der Waals surface area contributed by atoms with Crippen LogP contribution >= 0.6 is 0 Å². The van der Waals surface area contributed by atoms with Gasteiger partial charge in [-0.1, -0.05) is 0 Å². The van der Waals surface area contributed by atoms with Crippen LogP contribution in [0.25, 0.3) is 0 Å². The van der Waals surface area contributed by atoms with Crippen molar-refractivity contribution in [3.8, 4) is 0 Å². The molecule has 0 amide bonds. The largest absolute Gasteiger partial charge is 1.00 e. The van der Waals surface area contributed by atoms with E-state index in [1.54, 1.807) is 0 Å². The fourth-order valence-electron chi connectivity index (χ4n) is 0.321. The van der Waals surface area contributed by atoms with Crippen molar-refractivity contribution in [3.63, 3.8) is 0 Å². The van der Waals surface area contributed by atoms with Crippen LogP contribution in [0, 0.1) is 32.1 Å². The molecule has 0 aliphatic heterocycles. The minimum atomic E-state index is 0. The molecule has 0 spiro atoms. The molecule has 0 N–H and O–H groups in total. The molecule has 0 atom stereocenters. The van der Waals surface area contributed by atoms with Gasteiger partial charge in [0, 0.05) is 21.7 Å². The Kier molecular flexibility index (Phi) is 40.6. The summed E-state index contributed by atoms with van der Waals surface area (Å²) in [7, 11) is 0. The van der Waals surface area contributed by atoms with Gasteiger partial charge < -0.3 is 37.2 Å². The van der Waals surface area contributed by atoms with Crippen LogP contribution in [0.4, 0.5) is 0 Å². The van der Waals surface area contributed by atoms with Gasteiger partial charge in [-0.05, 0) is 32.1 Å². The minimum Gasteiger partial charge on any atom is -1.00 e. The van der Waals surface area contributed by atoms with Gasteiger partial charge in [0.05, 0.1) is 0 Å².